The molecule has 0 aromatic carbocycles. The van der Waals surface area contributed by atoms with E-state index in [-0.39, 0.29) is 0 Å². The van der Waals surface area contributed by atoms with Gasteiger partial charge in [-0.2, -0.15) is 11.8 Å². The molecule has 0 radical (unpaired) electrons. The van der Waals surface area contributed by atoms with Crippen LogP contribution in [0.3, 0.4) is 0 Å². The fourth-order valence-corrected chi connectivity index (χ4v) is 2.42. The van der Waals surface area contributed by atoms with Crippen molar-refractivity contribution in [2.75, 3.05) is 26.5 Å². The third-order valence-electron chi connectivity index (χ3n) is 2.44. The van der Waals surface area contributed by atoms with Gasteiger partial charge in [0, 0.05) is 25.5 Å². The average Bonchev–Trinajstić information content (AvgIpc) is 2.15. The SMILES string of the molecule is CNC(CSC(C)C)C(C)CCOC. The Hall–Kier alpha value is 0.270. The summed E-state index contributed by atoms with van der Waals surface area (Å²) in [5, 5.41) is 4.11. The van der Waals surface area contributed by atoms with Crippen LogP contribution in [0.15, 0.2) is 0 Å². The fourth-order valence-electron chi connectivity index (χ4n) is 1.33. The standard InChI is InChI=1S/C11H25NOS/c1-9(2)14-8-11(12-4)10(3)6-7-13-5/h9-12H,6-8H2,1-5H3. The van der Waals surface area contributed by atoms with E-state index < -0.39 is 0 Å². The molecule has 0 aromatic rings. The van der Waals surface area contributed by atoms with Gasteiger partial charge < -0.3 is 10.1 Å². The highest BCUT2D eigenvalue weighted by Gasteiger charge is 2.15. The van der Waals surface area contributed by atoms with E-state index in [1.54, 1.807) is 7.11 Å². The zero-order chi connectivity index (χ0) is 11.0. The summed E-state index contributed by atoms with van der Waals surface area (Å²) in [5.41, 5.74) is 0. The maximum Gasteiger partial charge on any atom is 0.0465 e. The van der Waals surface area contributed by atoms with Crippen molar-refractivity contribution in [1.29, 1.82) is 0 Å². The topological polar surface area (TPSA) is 21.3 Å². The largest absolute Gasteiger partial charge is 0.385 e. The van der Waals surface area contributed by atoms with Crippen molar-refractivity contribution in [3.05, 3.63) is 0 Å². The zero-order valence-electron chi connectivity index (χ0n) is 10.2. The highest BCUT2D eigenvalue weighted by Crippen LogP contribution is 2.16. The molecule has 0 fully saturated rings. The smallest absolute Gasteiger partial charge is 0.0465 e. The Labute approximate surface area is 93.2 Å². The molecule has 2 nitrogen and oxygen atoms in total. The summed E-state index contributed by atoms with van der Waals surface area (Å²) in [6, 6.07) is 0.609. The number of hydrogen-bond donors (Lipinski definition) is 1. The van der Waals surface area contributed by atoms with Gasteiger partial charge in [-0.1, -0.05) is 20.8 Å². The number of methoxy groups -OCH3 is 1. The van der Waals surface area contributed by atoms with Gasteiger partial charge in [-0.05, 0) is 24.6 Å². The monoisotopic (exact) mass is 219 g/mol. The van der Waals surface area contributed by atoms with E-state index in [0.29, 0.717) is 12.0 Å². The number of thioether (sulfide) groups is 1. The Kier molecular flexibility index (Phi) is 8.73. The molecule has 0 aromatic heterocycles. The first-order valence-electron chi connectivity index (χ1n) is 5.39. The minimum atomic E-state index is 0.609. The van der Waals surface area contributed by atoms with Gasteiger partial charge in [-0.15, -0.1) is 0 Å². The molecule has 0 heterocycles. The summed E-state index contributed by atoms with van der Waals surface area (Å²) in [7, 11) is 3.82. The van der Waals surface area contributed by atoms with Crippen molar-refractivity contribution >= 4 is 11.8 Å². The second-order valence-corrected chi connectivity index (χ2v) is 5.65. The summed E-state index contributed by atoms with van der Waals surface area (Å²) in [6.07, 6.45) is 1.14. The van der Waals surface area contributed by atoms with E-state index in [9.17, 15) is 0 Å². The van der Waals surface area contributed by atoms with Crippen LogP contribution < -0.4 is 5.32 Å². The minimum absolute atomic E-state index is 0.609. The zero-order valence-corrected chi connectivity index (χ0v) is 11.0. The van der Waals surface area contributed by atoms with Crippen molar-refractivity contribution in [2.45, 2.75) is 38.5 Å². The van der Waals surface area contributed by atoms with Crippen molar-refractivity contribution in [3.63, 3.8) is 0 Å². The van der Waals surface area contributed by atoms with E-state index in [1.807, 2.05) is 11.8 Å². The first-order chi connectivity index (χ1) is 6.61. The Balaban J connectivity index is 3.74. The third kappa shape index (κ3) is 6.68. The molecule has 14 heavy (non-hydrogen) atoms. The van der Waals surface area contributed by atoms with Crippen LogP contribution in [0.2, 0.25) is 0 Å². The van der Waals surface area contributed by atoms with Crippen LogP contribution >= 0.6 is 11.8 Å². The van der Waals surface area contributed by atoms with Crippen LogP contribution in [0.5, 0.6) is 0 Å². The first kappa shape index (κ1) is 14.3. The van der Waals surface area contributed by atoms with E-state index in [1.165, 1.54) is 5.75 Å². The van der Waals surface area contributed by atoms with Gasteiger partial charge in [0.25, 0.3) is 0 Å². The van der Waals surface area contributed by atoms with Gasteiger partial charge in [-0.25, -0.2) is 0 Å². The molecule has 86 valence electrons. The third-order valence-corrected chi connectivity index (χ3v) is 3.66. The highest BCUT2D eigenvalue weighted by molar-refractivity contribution is 7.99. The number of nitrogens with one attached hydrogen (secondary N) is 1. The van der Waals surface area contributed by atoms with E-state index in [2.05, 4.69) is 33.1 Å². The van der Waals surface area contributed by atoms with E-state index in [4.69, 9.17) is 4.74 Å². The van der Waals surface area contributed by atoms with Gasteiger partial charge in [0.05, 0.1) is 0 Å². The summed E-state index contributed by atoms with van der Waals surface area (Å²) in [4.78, 5) is 0. The van der Waals surface area contributed by atoms with E-state index in [0.717, 1.165) is 18.3 Å². The molecule has 0 saturated carbocycles. The van der Waals surface area contributed by atoms with Crippen LogP contribution in [0, 0.1) is 5.92 Å². The number of hydrogen-bond acceptors (Lipinski definition) is 3. The summed E-state index contributed by atoms with van der Waals surface area (Å²) in [6.45, 7) is 7.65. The van der Waals surface area contributed by atoms with Gasteiger partial charge in [0.2, 0.25) is 0 Å². The van der Waals surface area contributed by atoms with Crippen LogP contribution in [-0.4, -0.2) is 37.8 Å². The summed E-state index contributed by atoms with van der Waals surface area (Å²) >= 11 is 2.02. The van der Waals surface area contributed by atoms with Crippen molar-refractivity contribution in [1.82, 2.24) is 5.32 Å². The average molecular weight is 219 g/mol. The molecule has 3 heteroatoms. The quantitative estimate of drug-likeness (QED) is 0.677. The van der Waals surface area contributed by atoms with Crippen LogP contribution in [-0.2, 0) is 4.74 Å². The summed E-state index contributed by atoms with van der Waals surface area (Å²) in [5.74, 6) is 1.88. The lowest BCUT2D eigenvalue weighted by molar-refractivity contribution is 0.173. The Morgan fingerprint density at radius 2 is 1.93 bits per heavy atom. The molecular formula is C11H25NOS. The minimum Gasteiger partial charge on any atom is -0.385 e. The van der Waals surface area contributed by atoms with Crippen molar-refractivity contribution in [2.24, 2.45) is 5.92 Å². The molecular weight excluding hydrogens is 194 g/mol. The number of ether oxygens (including phenoxy) is 1. The van der Waals surface area contributed by atoms with Gasteiger partial charge in [0.15, 0.2) is 0 Å². The molecule has 0 amide bonds. The number of rotatable bonds is 8. The molecule has 2 atom stereocenters. The van der Waals surface area contributed by atoms with Crippen LogP contribution in [0.4, 0.5) is 0 Å². The molecule has 2 unspecified atom stereocenters. The normalized spacial score (nSPS) is 15.9. The predicted molar refractivity (Wildman–Crippen MR) is 66.1 cm³/mol. The Morgan fingerprint density at radius 3 is 2.36 bits per heavy atom. The maximum absolute atomic E-state index is 5.10. The lowest BCUT2D eigenvalue weighted by atomic mass is 10.0. The van der Waals surface area contributed by atoms with Gasteiger partial charge in [-0.3, -0.25) is 0 Å². The van der Waals surface area contributed by atoms with Crippen LogP contribution in [0.1, 0.15) is 27.2 Å². The molecule has 0 rings (SSSR count). The van der Waals surface area contributed by atoms with Crippen molar-refractivity contribution in [3.8, 4) is 0 Å². The Morgan fingerprint density at radius 1 is 1.29 bits per heavy atom. The first-order valence-corrected chi connectivity index (χ1v) is 6.44. The maximum atomic E-state index is 5.10. The molecule has 0 bridgehead atoms. The fraction of sp³-hybridized carbons (Fsp3) is 1.00. The molecule has 0 aliphatic rings. The van der Waals surface area contributed by atoms with Gasteiger partial charge in [0.1, 0.15) is 0 Å². The lowest BCUT2D eigenvalue weighted by Crippen LogP contribution is -2.35. The molecule has 1 N–H and O–H groups in total. The lowest BCUT2D eigenvalue weighted by Gasteiger charge is -2.23. The summed E-state index contributed by atoms with van der Waals surface area (Å²) < 4.78 is 5.10. The van der Waals surface area contributed by atoms with Crippen LogP contribution in [0.25, 0.3) is 0 Å². The molecule has 0 aliphatic carbocycles. The Bertz CT molecular complexity index is 130. The predicted octanol–water partition coefficient (Wildman–Crippen LogP) is 2.39. The highest BCUT2D eigenvalue weighted by atomic mass is 32.2. The second kappa shape index (κ2) is 8.57. The molecule has 0 spiro atoms. The second-order valence-electron chi connectivity index (χ2n) is 4.04. The van der Waals surface area contributed by atoms with Gasteiger partial charge >= 0.3 is 0 Å². The molecule has 0 aliphatic heterocycles. The van der Waals surface area contributed by atoms with E-state index >= 15 is 0 Å². The van der Waals surface area contributed by atoms with Crippen molar-refractivity contribution < 1.29 is 4.74 Å². The molecule has 0 saturated heterocycles.